The quantitative estimate of drug-likeness (QED) is 0.607. The highest BCUT2D eigenvalue weighted by atomic mass is 79.9. The highest BCUT2D eigenvalue weighted by Crippen LogP contribution is 2.30. The van der Waals surface area contributed by atoms with Crippen molar-refractivity contribution in [1.29, 1.82) is 0 Å². The number of halogens is 1. The van der Waals surface area contributed by atoms with E-state index in [-0.39, 0.29) is 5.92 Å². The second-order valence-electron chi connectivity index (χ2n) is 5.44. The van der Waals surface area contributed by atoms with Gasteiger partial charge in [0.05, 0.1) is 0 Å². The lowest BCUT2D eigenvalue weighted by Gasteiger charge is -2.18. The van der Waals surface area contributed by atoms with Gasteiger partial charge in [0, 0.05) is 16.0 Å². The van der Waals surface area contributed by atoms with Crippen LogP contribution in [0.15, 0.2) is 10.5 Å². The number of unbranched alkanes of at least 4 members (excludes halogenated alkanes) is 1. The maximum Gasteiger partial charge on any atom is 0.166 e. The molecule has 2 heteroatoms. The van der Waals surface area contributed by atoms with E-state index in [0.717, 1.165) is 46.8 Å². The van der Waals surface area contributed by atoms with Crippen molar-refractivity contribution in [3.8, 4) is 0 Å². The third-order valence-electron chi connectivity index (χ3n) is 3.89. The molecule has 0 aromatic heterocycles. The molecule has 1 atom stereocenters. The van der Waals surface area contributed by atoms with Gasteiger partial charge in [0.15, 0.2) is 5.78 Å². The monoisotopic (exact) mass is 324 g/mol. The Hall–Kier alpha value is -0.630. The number of carbonyl (C=O) groups is 1. The van der Waals surface area contributed by atoms with E-state index in [4.69, 9.17) is 0 Å². The standard InChI is InChI=1S/C17H25BrO/c1-6-8-9-14(7-2)17(19)15-11(3)10-12(4)16(18)13(15)5/h10,14H,6-9H2,1-5H3. The molecule has 0 fully saturated rings. The van der Waals surface area contributed by atoms with E-state index in [1.807, 2.05) is 13.8 Å². The summed E-state index contributed by atoms with van der Waals surface area (Å²) in [6.45, 7) is 10.5. The van der Waals surface area contributed by atoms with E-state index in [2.05, 4.69) is 42.8 Å². The highest BCUT2D eigenvalue weighted by molar-refractivity contribution is 9.10. The maximum atomic E-state index is 12.8. The number of hydrogen-bond donors (Lipinski definition) is 0. The van der Waals surface area contributed by atoms with Gasteiger partial charge in [-0.05, 0) is 50.3 Å². The summed E-state index contributed by atoms with van der Waals surface area (Å²) in [5.74, 6) is 0.499. The molecule has 0 aliphatic rings. The molecule has 0 saturated heterocycles. The molecule has 0 amide bonds. The summed E-state index contributed by atoms with van der Waals surface area (Å²) in [6.07, 6.45) is 4.23. The zero-order valence-electron chi connectivity index (χ0n) is 12.8. The minimum absolute atomic E-state index is 0.173. The molecular formula is C17H25BrO. The summed E-state index contributed by atoms with van der Waals surface area (Å²) in [5, 5.41) is 0. The molecular weight excluding hydrogens is 300 g/mol. The van der Waals surface area contributed by atoms with Crippen LogP contribution in [0.3, 0.4) is 0 Å². The number of benzene rings is 1. The van der Waals surface area contributed by atoms with Gasteiger partial charge in [-0.25, -0.2) is 0 Å². The SMILES string of the molecule is CCCCC(CC)C(=O)c1c(C)cc(C)c(Br)c1C. The van der Waals surface area contributed by atoms with E-state index in [9.17, 15) is 4.79 Å². The molecule has 1 nitrogen and oxygen atoms in total. The molecule has 0 radical (unpaired) electrons. The molecule has 0 N–H and O–H groups in total. The van der Waals surface area contributed by atoms with Crippen molar-refractivity contribution in [2.75, 3.05) is 0 Å². The van der Waals surface area contributed by atoms with Crippen LogP contribution in [0.1, 0.15) is 66.6 Å². The average Bonchev–Trinajstić information content (AvgIpc) is 2.37. The Kier molecular flexibility index (Phi) is 6.25. The van der Waals surface area contributed by atoms with Crippen LogP contribution < -0.4 is 0 Å². The fourth-order valence-electron chi connectivity index (χ4n) is 2.72. The minimum Gasteiger partial charge on any atom is -0.294 e. The predicted octanol–water partition coefficient (Wildman–Crippen LogP) is 5.77. The Morgan fingerprint density at radius 3 is 2.37 bits per heavy atom. The first-order chi connectivity index (χ1) is 8.93. The lowest BCUT2D eigenvalue weighted by molar-refractivity contribution is 0.0907. The molecule has 1 unspecified atom stereocenters. The first-order valence-corrected chi connectivity index (χ1v) is 8.03. The summed E-state index contributed by atoms with van der Waals surface area (Å²) in [7, 11) is 0. The van der Waals surface area contributed by atoms with E-state index < -0.39 is 0 Å². The van der Waals surface area contributed by atoms with Crippen LogP contribution in [0.4, 0.5) is 0 Å². The molecule has 1 aromatic carbocycles. The van der Waals surface area contributed by atoms with E-state index >= 15 is 0 Å². The van der Waals surface area contributed by atoms with Gasteiger partial charge in [0.1, 0.15) is 0 Å². The second kappa shape index (κ2) is 7.23. The molecule has 0 aliphatic carbocycles. The van der Waals surface area contributed by atoms with Crippen molar-refractivity contribution < 1.29 is 4.79 Å². The molecule has 0 bridgehead atoms. The minimum atomic E-state index is 0.173. The fourth-order valence-corrected chi connectivity index (χ4v) is 3.03. The zero-order valence-corrected chi connectivity index (χ0v) is 14.4. The Labute approximate surface area is 125 Å². The normalized spacial score (nSPS) is 12.5. The largest absolute Gasteiger partial charge is 0.294 e. The molecule has 19 heavy (non-hydrogen) atoms. The summed E-state index contributed by atoms with van der Waals surface area (Å²) in [5.41, 5.74) is 4.34. The Morgan fingerprint density at radius 2 is 1.84 bits per heavy atom. The van der Waals surface area contributed by atoms with Gasteiger partial charge < -0.3 is 0 Å². The highest BCUT2D eigenvalue weighted by Gasteiger charge is 2.22. The molecule has 0 heterocycles. The average molecular weight is 325 g/mol. The molecule has 1 rings (SSSR count). The summed E-state index contributed by atoms with van der Waals surface area (Å²) >= 11 is 3.60. The number of aryl methyl sites for hydroxylation is 2. The van der Waals surface area contributed by atoms with Gasteiger partial charge >= 0.3 is 0 Å². The van der Waals surface area contributed by atoms with Crippen molar-refractivity contribution in [1.82, 2.24) is 0 Å². The first kappa shape index (κ1) is 16.4. The zero-order chi connectivity index (χ0) is 14.6. The first-order valence-electron chi connectivity index (χ1n) is 7.24. The number of ketones is 1. The van der Waals surface area contributed by atoms with Gasteiger partial charge in [-0.3, -0.25) is 4.79 Å². The van der Waals surface area contributed by atoms with Crippen LogP contribution in [0, 0.1) is 26.7 Å². The van der Waals surface area contributed by atoms with Crippen LogP contribution >= 0.6 is 15.9 Å². The maximum absolute atomic E-state index is 12.8. The molecule has 0 spiro atoms. The Morgan fingerprint density at radius 1 is 1.21 bits per heavy atom. The summed E-state index contributed by atoms with van der Waals surface area (Å²) in [4.78, 5) is 12.8. The summed E-state index contributed by atoms with van der Waals surface area (Å²) < 4.78 is 1.08. The molecule has 106 valence electrons. The van der Waals surface area contributed by atoms with Crippen LogP contribution in [0.2, 0.25) is 0 Å². The van der Waals surface area contributed by atoms with Crippen LogP contribution in [0.5, 0.6) is 0 Å². The van der Waals surface area contributed by atoms with Crippen molar-refractivity contribution >= 4 is 21.7 Å². The van der Waals surface area contributed by atoms with E-state index in [0.29, 0.717) is 5.78 Å². The van der Waals surface area contributed by atoms with Gasteiger partial charge in [0.25, 0.3) is 0 Å². The lowest BCUT2D eigenvalue weighted by Crippen LogP contribution is -2.17. The number of carbonyl (C=O) groups excluding carboxylic acids is 1. The molecule has 0 aliphatic heterocycles. The second-order valence-corrected chi connectivity index (χ2v) is 6.23. The van der Waals surface area contributed by atoms with Gasteiger partial charge in [0.2, 0.25) is 0 Å². The number of rotatable bonds is 6. The van der Waals surface area contributed by atoms with Crippen LogP contribution in [-0.2, 0) is 0 Å². The Bertz CT molecular complexity index is 463. The summed E-state index contributed by atoms with van der Waals surface area (Å²) in [6, 6.07) is 2.11. The molecule has 1 aromatic rings. The van der Waals surface area contributed by atoms with Gasteiger partial charge in [-0.1, -0.05) is 48.7 Å². The smallest absolute Gasteiger partial charge is 0.166 e. The van der Waals surface area contributed by atoms with E-state index in [1.54, 1.807) is 0 Å². The van der Waals surface area contributed by atoms with Crippen molar-refractivity contribution in [2.24, 2.45) is 5.92 Å². The number of hydrogen-bond acceptors (Lipinski definition) is 1. The van der Waals surface area contributed by atoms with Crippen LogP contribution in [0.25, 0.3) is 0 Å². The predicted molar refractivity (Wildman–Crippen MR) is 86.0 cm³/mol. The fraction of sp³-hybridized carbons (Fsp3) is 0.588. The Balaban J connectivity index is 3.14. The van der Waals surface area contributed by atoms with Crippen molar-refractivity contribution in [3.05, 3.63) is 32.8 Å². The topological polar surface area (TPSA) is 17.1 Å². The van der Waals surface area contributed by atoms with Crippen molar-refractivity contribution in [2.45, 2.75) is 60.3 Å². The van der Waals surface area contributed by atoms with Gasteiger partial charge in [-0.2, -0.15) is 0 Å². The van der Waals surface area contributed by atoms with Crippen molar-refractivity contribution in [3.63, 3.8) is 0 Å². The lowest BCUT2D eigenvalue weighted by atomic mass is 9.86. The van der Waals surface area contributed by atoms with E-state index in [1.165, 1.54) is 5.56 Å². The molecule has 0 saturated carbocycles. The van der Waals surface area contributed by atoms with Crippen LogP contribution in [-0.4, -0.2) is 5.78 Å². The number of Topliss-reactive ketones (excluding diaryl/α,β-unsaturated/α-hetero) is 1. The third-order valence-corrected chi connectivity index (χ3v) is 5.11. The third kappa shape index (κ3) is 3.68. The van der Waals surface area contributed by atoms with Gasteiger partial charge in [-0.15, -0.1) is 0 Å².